The van der Waals surface area contributed by atoms with Crippen molar-refractivity contribution in [1.29, 1.82) is 0 Å². The van der Waals surface area contributed by atoms with Crippen LogP contribution in [0.1, 0.15) is 39.2 Å². The van der Waals surface area contributed by atoms with Gasteiger partial charge in [0.05, 0.1) is 40.9 Å². The predicted octanol–water partition coefficient (Wildman–Crippen LogP) is 8.72. The lowest BCUT2D eigenvalue weighted by atomic mass is 9.97. The van der Waals surface area contributed by atoms with Crippen molar-refractivity contribution >= 4 is 65.7 Å². The Bertz CT molecular complexity index is 2180. The Morgan fingerprint density at radius 2 is 1.34 bits per heavy atom. The van der Waals surface area contributed by atoms with Gasteiger partial charge in [-0.3, -0.25) is 0 Å². The van der Waals surface area contributed by atoms with Gasteiger partial charge < -0.3 is 20.0 Å². The molecule has 11 nitrogen and oxygen atoms in total. The Morgan fingerprint density at radius 1 is 0.720 bits per heavy atom. The van der Waals surface area contributed by atoms with Crippen molar-refractivity contribution < 1.29 is 18.6 Å². The van der Waals surface area contributed by atoms with Gasteiger partial charge in [-0.2, -0.15) is 9.42 Å². The Morgan fingerprint density at radius 3 is 2.00 bits per heavy atom. The number of anilines is 2. The predicted molar refractivity (Wildman–Crippen MR) is 200 cm³/mol. The summed E-state index contributed by atoms with van der Waals surface area (Å²) in [6, 6.07) is 25.8. The van der Waals surface area contributed by atoms with Gasteiger partial charge in [-0.25, -0.2) is 8.42 Å². The van der Waals surface area contributed by atoms with E-state index in [2.05, 4.69) is 66.2 Å². The molecule has 1 aliphatic rings. The van der Waals surface area contributed by atoms with Crippen molar-refractivity contribution in [2.24, 2.45) is 20.5 Å². The third-order valence-corrected chi connectivity index (χ3v) is 11.6. The second-order valence-electron chi connectivity index (χ2n) is 12.9. The summed E-state index contributed by atoms with van der Waals surface area (Å²) in [5, 5.41) is 40.7. The van der Waals surface area contributed by atoms with E-state index in [0.29, 0.717) is 46.5 Å². The Hall–Kier alpha value is -4.75. The zero-order chi connectivity index (χ0) is 35.6. The molecule has 0 saturated carbocycles. The highest BCUT2D eigenvalue weighted by molar-refractivity contribution is 7.89. The number of azo groups is 2. The molecule has 5 aromatic rings. The van der Waals surface area contributed by atoms with Crippen LogP contribution in [0.15, 0.2) is 110 Å². The second kappa shape index (κ2) is 14.2. The minimum Gasteiger partial charge on any atom is -0.395 e. The van der Waals surface area contributed by atoms with E-state index in [1.165, 1.54) is 4.31 Å². The van der Waals surface area contributed by atoms with E-state index >= 15 is 0 Å². The Kier molecular flexibility index (Phi) is 9.99. The first-order valence-corrected chi connectivity index (χ1v) is 18.2. The fourth-order valence-electron chi connectivity index (χ4n) is 6.28. The molecule has 0 amide bonds. The molecular formula is C38H43N7O4S. The molecule has 0 bridgehead atoms. The van der Waals surface area contributed by atoms with Crippen molar-refractivity contribution in [3.63, 3.8) is 0 Å². The normalized spacial score (nSPS) is 14.6. The molecule has 12 heteroatoms. The maximum absolute atomic E-state index is 13.8. The zero-order valence-corrected chi connectivity index (χ0v) is 29.9. The van der Waals surface area contributed by atoms with E-state index in [9.17, 15) is 18.6 Å². The van der Waals surface area contributed by atoms with E-state index in [0.717, 1.165) is 34.1 Å². The molecule has 2 N–H and O–H groups in total. The molecule has 50 heavy (non-hydrogen) atoms. The van der Waals surface area contributed by atoms with Crippen LogP contribution in [-0.4, -0.2) is 62.4 Å². The lowest BCUT2D eigenvalue weighted by Gasteiger charge is -2.49. The van der Waals surface area contributed by atoms with Crippen LogP contribution in [0.5, 0.6) is 0 Å². The number of rotatable bonds is 12. The number of nitrogens with zero attached hydrogens (tertiary/aromatic N) is 7. The first-order chi connectivity index (χ1) is 24.0. The number of aliphatic hydroxyl groups excluding tert-OH is 2. The molecule has 0 fully saturated rings. The van der Waals surface area contributed by atoms with Gasteiger partial charge in [0.2, 0.25) is 10.0 Å². The summed E-state index contributed by atoms with van der Waals surface area (Å²) in [4.78, 5) is 4.62. The van der Waals surface area contributed by atoms with Crippen LogP contribution in [0.25, 0.3) is 21.5 Å². The van der Waals surface area contributed by atoms with Crippen LogP contribution in [0.2, 0.25) is 0 Å². The van der Waals surface area contributed by atoms with Crippen LogP contribution in [0.3, 0.4) is 0 Å². The fourth-order valence-corrected chi connectivity index (χ4v) is 7.78. The standard InChI is InChI=1S/C38H43N7O4S/c1-6-7-21-45(22-23-46)50(48,49)28-15-16-29-31(24-28)34(40-39-27-13-11-26(25-47)12-14-27)18-17-32(29)41-42-33-19-20-36-37-30(33)9-8-10-35(37)43(4)38(2,3)44(36)5/h8-20,24,46-47H,6-7,21-23,25H2,1-5H3/b40-39+,42-41?. The summed E-state index contributed by atoms with van der Waals surface area (Å²) in [7, 11) is 0.274. The van der Waals surface area contributed by atoms with Crippen molar-refractivity contribution in [3.05, 3.63) is 90.5 Å². The number of unbranched alkanes of at least 4 members (excludes halogenated alkanes) is 1. The topological polar surface area (TPSA) is 134 Å². The molecule has 0 spiro atoms. The lowest BCUT2D eigenvalue weighted by molar-refractivity contribution is 0.252. The number of hydrogen-bond acceptors (Lipinski definition) is 10. The Balaban J connectivity index is 1.45. The molecule has 0 aliphatic carbocycles. The van der Waals surface area contributed by atoms with Crippen LogP contribution < -0.4 is 9.80 Å². The zero-order valence-electron chi connectivity index (χ0n) is 29.1. The van der Waals surface area contributed by atoms with Gasteiger partial charge in [-0.15, -0.1) is 15.3 Å². The van der Waals surface area contributed by atoms with Crippen LogP contribution in [0, 0.1) is 0 Å². The Labute approximate surface area is 293 Å². The second-order valence-corrected chi connectivity index (χ2v) is 14.9. The summed E-state index contributed by atoms with van der Waals surface area (Å²) in [6.45, 7) is 6.33. The molecule has 260 valence electrons. The van der Waals surface area contributed by atoms with E-state index in [-0.39, 0.29) is 30.3 Å². The average Bonchev–Trinajstić information content (AvgIpc) is 3.13. The first-order valence-electron chi connectivity index (χ1n) is 16.8. The summed E-state index contributed by atoms with van der Waals surface area (Å²) in [5.41, 5.74) is 5.07. The number of hydrogen-bond donors (Lipinski definition) is 2. The summed E-state index contributed by atoms with van der Waals surface area (Å²) < 4.78 is 28.9. The smallest absolute Gasteiger partial charge is 0.243 e. The van der Waals surface area contributed by atoms with Gasteiger partial charge in [0.15, 0.2) is 0 Å². The molecule has 1 heterocycles. The van der Waals surface area contributed by atoms with E-state index in [1.807, 2.05) is 19.1 Å². The number of sulfonamides is 1. The molecule has 6 rings (SSSR count). The monoisotopic (exact) mass is 693 g/mol. The summed E-state index contributed by atoms with van der Waals surface area (Å²) in [5.74, 6) is 0. The van der Waals surface area contributed by atoms with Gasteiger partial charge in [-0.05, 0) is 80.4 Å². The summed E-state index contributed by atoms with van der Waals surface area (Å²) >= 11 is 0. The highest BCUT2D eigenvalue weighted by atomic mass is 32.2. The maximum Gasteiger partial charge on any atom is 0.243 e. The van der Waals surface area contributed by atoms with E-state index in [4.69, 9.17) is 10.2 Å². The van der Waals surface area contributed by atoms with Gasteiger partial charge >= 0.3 is 0 Å². The van der Waals surface area contributed by atoms with E-state index < -0.39 is 10.0 Å². The summed E-state index contributed by atoms with van der Waals surface area (Å²) in [6.07, 6.45) is 1.49. The number of benzene rings is 5. The molecule has 5 aromatic carbocycles. The largest absolute Gasteiger partial charge is 0.395 e. The minimum absolute atomic E-state index is 0.00254. The minimum atomic E-state index is -3.92. The number of fused-ring (bicyclic) bond motifs is 1. The fraction of sp³-hybridized carbons (Fsp3) is 0.316. The quantitative estimate of drug-likeness (QED) is 0.126. The van der Waals surface area contributed by atoms with Gasteiger partial charge in [0, 0.05) is 60.1 Å². The molecule has 0 aromatic heterocycles. The van der Waals surface area contributed by atoms with Crippen molar-refractivity contribution in [2.45, 2.75) is 50.8 Å². The van der Waals surface area contributed by atoms with E-state index in [1.54, 1.807) is 54.6 Å². The SMILES string of the molecule is CCCCN(CCO)S(=O)(=O)c1ccc2c(N=Nc3ccc4c5c(cccc35)N(C)C(C)(C)N4C)ccc(/N=N/c3ccc(CO)cc3)c2c1. The van der Waals surface area contributed by atoms with Crippen LogP contribution in [-0.2, 0) is 16.6 Å². The van der Waals surface area contributed by atoms with Crippen molar-refractivity contribution in [1.82, 2.24) is 4.31 Å². The van der Waals surface area contributed by atoms with Gasteiger partial charge in [0.25, 0.3) is 0 Å². The third-order valence-electron chi connectivity index (χ3n) is 9.69. The average molecular weight is 694 g/mol. The molecule has 0 saturated heterocycles. The number of aliphatic hydroxyl groups is 2. The molecular weight excluding hydrogens is 651 g/mol. The third kappa shape index (κ3) is 6.47. The first kappa shape index (κ1) is 35.1. The highest BCUT2D eigenvalue weighted by Gasteiger charge is 2.35. The highest BCUT2D eigenvalue weighted by Crippen LogP contribution is 2.47. The van der Waals surface area contributed by atoms with Gasteiger partial charge in [0.1, 0.15) is 5.66 Å². The maximum atomic E-state index is 13.8. The molecule has 0 atom stereocenters. The lowest BCUT2D eigenvalue weighted by Crippen LogP contribution is -2.56. The van der Waals surface area contributed by atoms with Crippen molar-refractivity contribution in [3.8, 4) is 0 Å². The molecule has 1 aliphatic heterocycles. The molecule has 0 unspecified atom stereocenters. The van der Waals surface area contributed by atoms with Crippen molar-refractivity contribution in [2.75, 3.05) is 43.6 Å². The van der Waals surface area contributed by atoms with Gasteiger partial charge in [-0.1, -0.05) is 43.7 Å². The molecule has 0 radical (unpaired) electrons. The van der Waals surface area contributed by atoms with Crippen LogP contribution >= 0.6 is 0 Å². The van der Waals surface area contributed by atoms with Crippen LogP contribution in [0.4, 0.5) is 34.1 Å².